The average molecular weight is 169 g/mol. The molecule has 0 aliphatic heterocycles. The van der Waals surface area contributed by atoms with Gasteiger partial charge in [0, 0.05) is 0 Å². The second kappa shape index (κ2) is 3.77. The number of hydrogen-bond donors (Lipinski definition) is 2. The first kappa shape index (κ1) is 10.5. The summed E-state index contributed by atoms with van der Waals surface area (Å²) in [7, 11) is 0. The first-order chi connectivity index (χ1) is 5.40. The van der Waals surface area contributed by atoms with Crippen LogP contribution in [0.5, 0.6) is 0 Å². The van der Waals surface area contributed by atoms with E-state index in [1.807, 2.05) is 0 Å². The largest absolute Gasteiger partial charge is 0.480 e. The molecule has 4 heteroatoms. The van der Waals surface area contributed by atoms with Crippen LogP contribution in [0, 0.1) is 12.3 Å². The van der Waals surface area contributed by atoms with Gasteiger partial charge in [-0.2, -0.15) is 0 Å². The molecule has 12 heavy (non-hydrogen) atoms. The minimum Gasteiger partial charge on any atom is -0.480 e. The van der Waals surface area contributed by atoms with Crippen LogP contribution >= 0.6 is 0 Å². The average Bonchev–Trinajstić information content (AvgIpc) is 1.85. The molecular formula is C8H11NO3. The monoisotopic (exact) mass is 169 g/mol. The zero-order valence-electron chi connectivity index (χ0n) is 7.05. The van der Waals surface area contributed by atoms with E-state index in [0.29, 0.717) is 0 Å². The maximum Gasteiger partial charge on any atom is 0.328 e. The summed E-state index contributed by atoms with van der Waals surface area (Å²) in [5, 5.41) is 10.9. The molecule has 0 aromatic rings. The summed E-state index contributed by atoms with van der Waals surface area (Å²) < 4.78 is 0. The number of amides is 1. The molecule has 0 aromatic carbocycles. The molecule has 0 spiro atoms. The van der Waals surface area contributed by atoms with Crippen molar-refractivity contribution in [3.05, 3.63) is 0 Å². The zero-order valence-corrected chi connectivity index (χ0v) is 7.05. The summed E-state index contributed by atoms with van der Waals surface area (Å²) in [6, 6.07) is 0. The van der Waals surface area contributed by atoms with Crippen molar-refractivity contribution in [2.75, 3.05) is 0 Å². The van der Waals surface area contributed by atoms with E-state index in [0.717, 1.165) is 0 Å². The number of carbonyl (C=O) groups is 2. The molecule has 66 valence electrons. The quantitative estimate of drug-likeness (QED) is 0.584. The molecule has 0 saturated carbocycles. The van der Waals surface area contributed by atoms with E-state index >= 15 is 0 Å². The first-order valence-electron chi connectivity index (χ1n) is 3.38. The molecule has 0 rings (SSSR count). The van der Waals surface area contributed by atoms with Crippen molar-refractivity contribution in [1.82, 2.24) is 5.32 Å². The van der Waals surface area contributed by atoms with Gasteiger partial charge in [-0.05, 0) is 13.8 Å². The SMILES string of the molecule is C#CCC(=O)NC(C)(C)C(=O)O. The third-order valence-electron chi connectivity index (χ3n) is 1.25. The molecular weight excluding hydrogens is 158 g/mol. The molecule has 0 bridgehead atoms. The Balaban J connectivity index is 4.17. The van der Waals surface area contributed by atoms with Gasteiger partial charge in [0.05, 0.1) is 6.42 Å². The fourth-order valence-corrected chi connectivity index (χ4v) is 0.539. The van der Waals surface area contributed by atoms with E-state index < -0.39 is 17.4 Å². The van der Waals surface area contributed by atoms with Gasteiger partial charge in [0.2, 0.25) is 5.91 Å². The highest BCUT2D eigenvalue weighted by Gasteiger charge is 2.28. The van der Waals surface area contributed by atoms with Crippen molar-refractivity contribution in [1.29, 1.82) is 0 Å². The molecule has 0 unspecified atom stereocenters. The number of hydrogen-bond acceptors (Lipinski definition) is 2. The van der Waals surface area contributed by atoms with Gasteiger partial charge in [-0.15, -0.1) is 6.42 Å². The van der Waals surface area contributed by atoms with Crippen LogP contribution in [0.4, 0.5) is 0 Å². The lowest BCUT2D eigenvalue weighted by molar-refractivity contribution is -0.145. The summed E-state index contributed by atoms with van der Waals surface area (Å²) in [5.74, 6) is 0.580. The number of nitrogens with one attached hydrogen (secondary N) is 1. The predicted octanol–water partition coefficient (Wildman–Crippen LogP) is -0.0109. The Morgan fingerprint density at radius 1 is 1.58 bits per heavy atom. The number of rotatable bonds is 3. The van der Waals surface area contributed by atoms with Crippen LogP contribution in [-0.2, 0) is 9.59 Å². The van der Waals surface area contributed by atoms with Crippen molar-refractivity contribution < 1.29 is 14.7 Å². The van der Waals surface area contributed by atoms with E-state index in [2.05, 4.69) is 11.2 Å². The molecule has 2 N–H and O–H groups in total. The number of terminal acetylenes is 1. The van der Waals surface area contributed by atoms with Crippen LogP contribution in [0.2, 0.25) is 0 Å². The Morgan fingerprint density at radius 2 is 2.08 bits per heavy atom. The molecule has 0 radical (unpaired) electrons. The molecule has 0 heterocycles. The second-order valence-electron chi connectivity index (χ2n) is 2.86. The van der Waals surface area contributed by atoms with Gasteiger partial charge in [0.25, 0.3) is 0 Å². The van der Waals surface area contributed by atoms with Gasteiger partial charge in [-0.1, -0.05) is 5.92 Å². The number of aliphatic carboxylic acids is 1. The smallest absolute Gasteiger partial charge is 0.328 e. The molecule has 0 aliphatic rings. The number of carboxylic acid groups (broad SMARTS) is 1. The van der Waals surface area contributed by atoms with Crippen molar-refractivity contribution in [3.8, 4) is 12.3 Å². The van der Waals surface area contributed by atoms with Crippen LogP contribution in [0.15, 0.2) is 0 Å². The Kier molecular flexibility index (Phi) is 3.30. The maximum absolute atomic E-state index is 10.8. The molecule has 0 atom stereocenters. The molecule has 4 nitrogen and oxygen atoms in total. The first-order valence-corrected chi connectivity index (χ1v) is 3.38. The second-order valence-corrected chi connectivity index (χ2v) is 2.86. The van der Waals surface area contributed by atoms with E-state index in [1.54, 1.807) is 0 Å². The van der Waals surface area contributed by atoms with Gasteiger partial charge >= 0.3 is 5.97 Å². The fourth-order valence-electron chi connectivity index (χ4n) is 0.539. The highest BCUT2D eigenvalue weighted by Crippen LogP contribution is 2.01. The van der Waals surface area contributed by atoms with Gasteiger partial charge in [0.15, 0.2) is 0 Å². The number of carbonyl (C=O) groups excluding carboxylic acids is 1. The summed E-state index contributed by atoms with van der Waals surface area (Å²) in [6.45, 7) is 2.79. The van der Waals surface area contributed by atoms with Gasteiger partial charge in [0.1, 0.15) is 5.54 Å². The minimum atomic E-state index is -1.26. The van der Waals surface area contributed by atoms with E-state index in [4.69, 9.17) is 11.5 Å². The molecule has 0 aliphatic carbocycles. The van der Waals surface area contributed by atoms with Gasteiger partial charge in [-0.3, -0.25) is 4.79 Å². The zero-order chi connectivity index (χ0) is 9.78. The van der Waals surface area contributed by atoms with Crippen LogP contribution in [0.3, 0.4) is 0 Å². The lowest BCUT2D eigenvalue weighted by Crippen LogP contribution is -2.49. The maximum atomic E-state index is 10.8. The van der Waals surface area contributed by atoms with Crippen LogP contribution in [0.25, 0.3) is 0 Å². The predicted molar refractivity (Wildman–Crippen MR) is 43.3 cm³/mol. The lowest BCUT2D eigenvalue weighted by Gasteiger charge is -2.20. The van der Waals surface area contributed by atoms with Crippen LogP contribution in [0.1, 0.15) is 20.3 Å². The lowest BCUT2D eigenvalue weighted by atomic mass is 10.1. The summed E-state index contributed by atoms with van der Waals surface area (Å²) in [4.78, 5) is 21.3. The Hall–Kier alpha value is -1.50. The fraction of sp³-hybridized carbons (Fsp3) is 0.500. The minimum absolute atomic E-state index is 0.100. The molecule has 0 fully saturated rings. The highest BCUT2D eigenvalue weighted by molar-refractivity contribution is 5.87. The molecule has 0 saturated heterocycles. The van der Waals surface area contributed by atoms with Crippen molar-refractivity contribution in [2.45, 2.75) is 25.8 Å². The third-order valence-corrected chi connectivity index (χ3v) is 1.25. The Labute approximate surface area is 71.0 Å². The summed E-state index contributed by atoms with van der Waals surface area (Å²) in [5.41, 5.74) is -1.26. The number of carboxylic acids is 1. The van der Waals surface area contributed by atoms with Crippen LogP contribution < -0.4 is 5.32 Å². The normalized spacial score (nSPS) is 10.1. The van der Waals surface area contributed by atoms with Crippen molar-refractivity contribution >= 4 is 11.9 Å². The summed E-state index contributed by atoms with van der Waals surface area (Å²) in [6.07, 6.45) is 4.77. The van der Waals surface area contributed by atoms with Gasteiger partial charge < -0.3 is 10.4 Å². The van der Waals surface area contributed by atoms with E-state index in [9.17, 15) is 9.59 Å². The standard InChI is InChI=1S/C8H11NO3/c1-4-5-6(10)9-8(2,3)7(11)12/h1H,5H2,2-3H3,(H,9,10)(H,11,12). The van der Waals surface area contributed by atoms with Gasteiger partial charge in [-0.25, -0.2) is 4.79 Å². The Morgan fingerprint density at radius 3 is 2.42 bits per heavy atom. The van der Waals surface area contributed by atoms with Crippen molar-refractivity contribution in [2.24, 2.45) is 0 Å². The summed E-state index contributed by atoms with van der Waals surface area (Å²) >= 11 is 0. The third kappa shape index (κ3) is 3.06. The van der Waals surface area contributed by atoms with Crippen LogP contribution in [-0.4, -0.2) is 22.5 Å². The van der Waals surface area contributed by atoms with E-state index in [-0.39, 0.29) is 6.42 Å². The molecule has 1 amide bonds. The van der Waals surface area contributed by atoms with E-state index in [1.165, 1.54) is 13.8 Å². The highest BCUT2D eigenvalue weighted by atomic mass is 16.4. The topological polar surface area (TPSA) is 66.4 Å². The molecule has 0 aromatic heterocycles. The van der Waals surface area contributed by atoms with Crippen molar-refractivity contribution in [3.63, 3.8) is 0 Å². The Bertz CT molecular complexity index is 237.